The second kappa shape index (κ2) is 9.51. The zero-order valence-corrected chi connectivity index (χ0v) is 15.1. The number of hydrogen-bond acceptors (Lipinski definition) is 3. The number of amides is 1. The zero-order valence-electron chi connectivity index (χ0n) is 11.9. The molecular formula is C14H22BrCl2N3O. The monoisotopic (exact) mass is 397 g/mol. The highest BCUT2D eigenvalue weighted by Crippen LogP contribution is 2.24. The predicted octanol–water partition coefficient (Wildman–Crippen LogP) is 2.58. The fraction of sp³-hybridized carbons (Fsp3) is 0.500. The summed E-state index contributed by atoms with van der Waals surface area (Å²) in [4.78, 5) is 13.8. The van der Waals surface area contributed by atoms with Crippen molar-refractivity contribution in [3.63, 3.8) is 0 Å². The minimum atomic E-state index is -0.427. The highest BCUT2D eigenvalue weighted by atomic mass is 79.9. The topological polar surface area (TPSA) is 58.4 Å². The first-order valence-electron chi connectivity index (χ1n) is 6.60. The van der Waals surface area contributed by atoms with Gasteiger partial charge in [0.2, 0.25) is 5.91 Å². The molecule has 0 aliphatic carbocycles. The van der Waals surface area contributed by atoms with Crippen molar-refractivity contribution in [2.75, 3.05) is 24.5 Å². The molecule has 1 fully saturated rings. The van der Waals surface area contributed by atoms with Crippen LogP contribution in [0, 0.1) is 5.92 Å². The summed E-state index contributed by atoms with van der Waals surface area (Å²) in [6, 6.07) is 7.92. The van der Waals surface area contributed by atoms with E-state index in [2.05, 4.69) is 50.4 Å². The van der Waals surface area contributed by atoms with Gasteiger partial charge in [-0.05, 0) is 43.5 Å². The molecule has 1 aliphatic heterocycles. The SMILES string of the molecule is C[C@@H](N)C(=O)NCC1CCN(c2ccc(Br)cc2)C1.Cl.Cl. The molecule has 0 saturated carbocycles. The van der Waals surface area contributed by atoms with Crippen LogP contribution < -0.4 is 16.0 Å². The predicted molar refractivity (Wildman–Crippen MR) is 95.6 cm³/mol. The molecule has 0 bridgehead atoms. The van der Waals surface area contributed by atoms with E-state index >= 15 is 0 Å². The molecule has 1 amide bonds. The lowest BCUT2D eigenvalue weighted by molar-refractivity contribution is -0.122. The van der Waals surface area contributed by atoms with Crippen molar-refractivity contribution in [2.24, 2.45) is 11.7 Å². The zero-order chi connectivity index (χ0) is 13.8. The second-order valence-corrected chi connectivity index (χ2v) is 6.03. The van der Waals surface area contributed by atoms with E-state index in [9.17, 15) is 4.79 Å². The van der Waals surface area contributed by atoms with Crippen molar-refractivity contribution >= 4 is 52.3 Å². The average Bonchev–Trinajstić information content (AvgIpc) is 2.85. The standard InChI is InChI=1S/C14H20BrN3O.2ClH/c1-10(16)14(19)17-8-11-6-7-18(9-11)13-4-2-12(15)3-5-13;;/h2-5,10-11H,6-9,16H2,1H3,(H,17,19);2*1H/t10-,11?;;/m1../s1. The second-order valence-electron chi connectivity index (χ2n) is 5.11. The molecule has 21 heavy (non-hydrogen) atoms. The van der Waals surface area contributed by atoms with Crippen molar-refractivity contribution < 1.29 is 4.79 Å². The van der Waals surface area contributed by atoms with Crippen LogP contribution in [0.5, 0.6) is 0 Å². The molecule has 0 spiro atoms. The largest absolute Gasteiger partial charge is 0.371 e. The molecule has 4 nitrogen and oxygen atoms in total. The quantitative estimate of drug-likeness (QED) is 0.819. The number of rotatable bonds is 4. The normalized spacial score (nSPS) is 18.4. The van der Waals surface area contributed by atoms with Gasteiger partial charge in [0.25, 0.3) is 0 Å². The van der Waals surface area contributed by atoms with Crippen LogP contribution in [-0.2, 0) is 4.79 Å². The van der Waals surface area contributed by atoms with Crippen molar-refractivity contribution in [3.8, 4) is 0 Å². The summed E-state index contributed by atoms with van der Waals surface area (Å²) in [6.07, 6.45) is 1.11. The van der Waals surface area contributed by atoms with E-state index in [0.717, 1.165) is 24.0 Å². The molecule has 7 heteroatoms. The van der Waals surface area contributed by atoms with Crippen LogP contribution in [0.15, 0.2) is 28.7 Å². The molecule has 2 rings (SSSR count). The highest BCUT2D eigenvalue weighted by molar-refractivity contribution is 9.10. The number of benzene rings is 1. The van der Waals surface area contributed by atoms with E-state index in [1.54, 1.807) is 6.92 Å². The van der Waals surface area contributed by atoms with E-state index in [-0.39, 0.29) is 30.7 Å². The minimum absolute atomic E-state index is 0. The number of carbonyl (C=O) groups excluding carboxylic acids is 1. The average molecular weight is 399 g/mol. The fourth-order valence-electron chi connectivity index (χ4n) is 2.29. The highest BCUT2D eigenvalue weighted by Gasteiger charge is 2.23. The first kappa shape index (κ1) is 20.5. The third-order valence-electron chi connectivity index (χ3n) is 3.46. The van der Waals surface area contributed by atoms with Crippen LogP contribution in [0.1, 0.15) is 13.3 Å². The van der Waals surface area contributed by atoms with Gasteiger partial charge in [0.05, 0.1) is 6.04 Å². The van der Waals surface area contributed by atoms with Crippen LogP contribution in [0.3, 0.4) is 0 Å². The third kappa shape index (κ3) is 6.02. The van der Waals surface area contributed by atoms with Crippen molar-refractivity contribution in [1.29, 1.82) is 0 Å². The molecule has 0 aromatic heterocycles. The Kier molecular flexibility index (Phi) is 9.29. The molecular weight excluding hydrogens is 377 g/mol. The van der Waals surface area contributed by atoms with E-state index in [0.29, 0.717) is 12.5 Å². The summed E-state index contributed by atoms with van der Waals surface area (Å²) in [6.45, 7) is 4.45. The number of nitrogens with two attached hydrogens (primary N) is 1. The molecule has 1 saturated heterocycles. The minimum Gasteiger partial charge on any atom is -0.371 e. The lowest BCUT2D eigenvalue weighted by Gasteiger charge is -2.19. The van der Waals surface area contributed by atoms with Gasteiger partial charge < -0.3 is 16.0 Å². The Morgan fingerprint density at radius 1 is 1.43 bits per heavy atom. The van der Waals surface area contributed by atoms with Crippen molar-refractivity contribution in [3.05, 3.63) is 28.7 Å². The summed E-state index contributed by atoms with van der Waals surface area (Å²) in [5, 5.41) is 2.91. The van der Waals surface area contributed by atoms with Crippen LogP contribution in [0.4, 0.5) is 5.69 Å². The maximum Gasteiger partial charge on any atom is 0.236 e. The summed E-state index contributed by atoms with van der Waals surface area (Å²) in [7, 11) is 0. The molecule has 1 aromatic rings. The fourth-order valence-corrected chi connectivity index (χ4v) is 2.56. The molecule has 2 atom stereocenters. The van der Waals surface area contributed by atoms with E-state index in [1.165, 1.54) is 5.69 Å². The summed E-state index contributed by atoms with van der Waals surface area (Å²) in [5.74, 6) is 0.438. The number of halogens is 3. The van der Waals surface area contributed by atoms with Crippen LogP contribution >= 0.6 is 40.7 Å². The summed E-state index contributed by atoms with van der Waals surface area (Å²) >= 11 is 3.44. The molecule has 0 radical (unpaired) electrons. The third-order valence-corrected chi connectivity index (χ3v) is 3.98. The van der Waals surface area contributed by atoms with Gasteiger partial charge in [-0.15, -0.1) is 24.8 Å². The number of nitrogens with zero attached hydrogens (tertiary/aromatic N) is 1. The smallest absolute Gasteiger partial charge is 0.236 e. The Hall–Kier alpha value is -0.490. The van der Waals surface area contributed by atoms with Gasteiger partial charge in [0, 0.05) is 29.8 Å². The Morgan fingerprint density at radius 3 is 2.62 bits per heavy atom. The molecule has 1 unspecified atom stereocenters. The van der Waals surface area contributed by atoms with E-state index in [1.807, 2.05) is 0 Å². The molecule has 1 aliphatic rings. The van der Waals surface area contributed by atoms with Crippen LogP contribution in [0.2, 0.25) is 0 Å². The summed E-state index contributed by atoms with van der Waals surface area (Å²) < 4.78 is 1.09. The summed E-state index contributed by atoms with van der Waals surface area (Å²) in [5.41, 5.74) is 6.77. The van der Waals surface area contributed by atoms with Crippen LogP contribution in [0.25, 0.3) is 0 Å². The Balaban J connectivity index is 0.00000200. The van der Waals surface area contributed by atoms with Crippen molar-refractivity contribution in [1.82, 2.24) is 5.32 Å². The van der Waals surface area contributed by atoms with Gasteiger partial charge in [-0.2, -0.15) is 0 Å². The van der Waals surface area contributed by atoms with Gasteiger partial charge in [0.1, 0.15) is 0 Å². The molecule has 120 valence electrons. The van der Waals surface area contributed by atoms with Gasteiger partial charge in [0.15, 0.2) is 0 Å². The van der Waals surface area contributed by atoms with Gasteiger partial charge in [-0.3, -0.25) is 4.79 Å². The first-order chi connectivity index (χ1) is 9.06. The lowest BCUT2D eigenvalue weighted by Crippen LogP contribution is -2.40. The number of carbonyl (C=O) groups is 1. The Morgan fingerprint density at radius 2 is 2.05 bits per heavy atom. The first-order valence-corrected chi connectivity index (χ1v) is 7.39. The van der Waals surface area contributed by atoms with Gasteiger partial charge >= 0.3 is 0 Å². The van der Waals surface area contributed by atoms with Crippen LogP contribution in [-0.4, -0.2) is 31.6 Å². The Labute approximate surface area is 146 Å². The molecule has 1 aromatic carbocycles. The van der Waals surface area contributed by atoms with Gasteiger partial charge in [-0.25, -0.2) is 0 Å². The van der Waals surface area contributed by atoms with E-state index in [4.69, 9.17) is 5.73 Å². The van der Waals surface area contributed by atoms with Crippen molar-refractivity contribution in [2.45, 2.75) is 19.4 Å². The Bertz CT molecular complexity index is 442. The van der Waals surface area contributed by atoms with E-state index < -0.39 is 6.04 Å². The molecule has 1 heterocycles. The molecule has 3 N–H and O–H groups in total. The lowest BCUT2D eigenvalue weighted by atomic mass is 10.1. The number of anilines is 1. The maximum absolute atomic E-state index is 11.4. The maximum atomic E-state index is 11.4. The number of nitrogens with one attached hydrogen (secondary N) is 1. The van der Waals surface area contributed by atoms with Gasteiger partial charge in [-0.1, -0.05) is 15.9 Å². The number of hydrogen-bond donors (Lipinski definition) is 2.